The van der Waals surface area contributed by atoms with Crippen LogP contribution in [0.3, 0.4) is 0 Å². The molecule has 1 nitrogen and oxygen atoms in total. The minimum Gasteiger partial charge on any atom is -0.496 e. The predicted octanol–water partition coefficient (Wildman–Crippen LogP) is 3.35. The maximum absolute atomic E-state index is 5.25. The Balaban J connectivity index is 3.22. The Kier molecular flexibility index (Phi) is 3.13. The molecule has 0 saturated carbocycles. The molecule has 0 saturated heterocycles. The molecule has 0 aliphatic heterocycles. The number of benzene rings is 1. The average molecular weight is 176 g/mol. The van der Waals surface area contributed by atoms with Gasteiger partial charge in [0, 0.05) is 0 Å². The van der Waals surface area contributed by atoms with E-state index in [0.717, 1.165) is 5.75 Å². The van der Waals surface area contributed by atoms with Gasteiger partial charge in [-0.3, -0.25) is 0 Å². The summed E-state index contributed by atoms with van der Waals surface area (Å²) in [6.07, 6.45) is 4.13. The number of hydrogen-bond donors (Lipinski definition) is 0. The molecule has 0 N–H and O–H groups in total. The van der Waals surface area contributed by atoms with E-state index in [2.05, 4.69) is 32.1 Å². The third kappa shape index (κ3) is 2.11. The molecule has 0 amide bonds. The van der Waals surface area contributed by atoms with Gasteiger partial charge >= 0.3 is 0 Å². The number of rotatable bonds is 2. The van der Waals surface area contributed by atoms with Gasteiger partial charge in [0.15, 0.2) is 0 Å². The summed E-state index contributed by atoms with van der Waals surface area (Å²) in [4.78, 5) is 0. The second-order valence-electron chi connectivity index (χ2n) is 3.18. The van der Waals surface area contributed by atoms with Crippen LogP contribution in [-0.4, -0.2) is 7.11 Å². The van der Waals surface area contributed by atoms with Crippen molar-refractivity contribution < 1.29 is 4.74 Å². The summed E-state index contributed by atoms with van der Waals surface area (Å²) in [6.45, 7) is 6.19. The van der Waals surface area contributed by atoms with E-state index in [-0.39, 0.29) is 0 Å². The van der Waals surface area contributed by atoms with Crippen LogP contribution in [0.5, 0.6) is 5.75 Å². The topological polar surface area (TPSA) is 9.23 Å². The van der Waals surface area contributed by atoms with Crippen LogP contribution in [0.1, 0.15) is 23.6 Å². The zero-order valence-corrected chi connectivity index (χ0v) is 8.72. The summed E-state index contributed by atoms with van der Waals surface area (Å²) >= 11 is 0. The van der Waals surface area contributed by atoms with Gasteiger partial charge < -0.3 is 4.74 Å². The average Bonchev–Trinajstić information content (AvgIpc) is 2.10. The Bertz CT molecular complexity index is 324. The first kappa shape index (κ1) is 9.85. The molecule has 0 bridgehead atoms. The first-order valence-corrected chi connectivity index (χ1v) is 4.47. The van der Waals surface area contributed by atoms with Gasteiger partial charge in [-0.25, -0.2) is 0 Å². The second kappa shape index (κ2) is 4.13. The van der Waals surface area contributed by atoms with Crippen molar-refractivity contribution in [3.8, 4) is 5.75 Å². The molecule has 0 heterocycles. The summed E-state index contributed by atoms with van der Waals surface area (Å²) in [7, 11) is 1.71. The Morgan fingerprint density at radius 3 is 2.38 bits per heavy atom. The molecular formula is C12H16O. The van der Waals surface area contributed by atoms with Crippen LogP contribution in [0.25, 0.3) is 6.08 Å². The maximum atomic E-state index is 5.25. The molecule has 0 unspecified atom stereocenters. The predicted molar refractivity (Wildman–Crippen MR) is 57.2 cm³/mol. The van der Waals surface area contributed by atoms with Gasteiger partial charge in [0.1, 0.15) is 5.75 Å². The molecule has 0 fully saturated rings. The van der Waals surface area contributed by atoms with Crippen molar-refractivity contribution in [2.75, 3.05) is 7.11 Å². The zero-order chi connectivity index (χ0) is 9.84. The molecule has 1 heteroatoms. The van der Waals surface area contributed by atoms with E-state index in [1.165, 1.54) is 16.7 Å². The minimum absolute atomic E-state index is 0.957. The van der Waals surface area contributed by atoms with E-state index in [0.29, 0.717) is 0 Å². The second-order valence-corrected chi connectivity index (χ2v) is 3.18. The molecule has 70 valence electrons. The van der Waals surface area contributed by atoms with Gasteiger partial charge in [-0.15, -0.1) is 0 Å². The van der Waals surface area contributed by atoms with Crippen molar-refractivity contribution >= 4 is 6.08 Å². The third-order valence-electron chi connectivity index (χ3n) is 2.13. The number of aryl methyl sites for hydroxylation is 2. The summed E-state index contributed by atoms with van der Waals surface area (Å²) in [6, 6.07) is 4.22. The van der Waals surface area contributed by atoms with Gasteiger partial charge in [0.05, 0.1) is 7.11 Å². The molecule has 0 aliphatic rings. The van der Waals surface area contributed by atoms with Gasteiger partial charge in [-0.1, -0.05) is 18.2 Å². The molecule has 1 rings (SSSR count). The van der Waals surface area contributed by atoms with Crippen LogP contribution in [-0.2, 0) is 0 Å². The van der Waals surface area contributed by atoms with Crippen molar-refractivity contribution in [1.29, 1.82) is 0 Å². The summed E-state index contributed by atoms with van der Waals surface area (Å²) < 4.78 is 5.25. The fourth-order valence-corrected chi connectivity index (χ4v) is 1.43. The van der Waals surface area contributed by atoms with E-state index in [1.807, 2.05) is 13.0 Å². The van der Waals surface area contributed by atoms with E-state index < -0.39 is 0 Å². The maximum Gasteiger partial charge on any atom is 0.122 e. The van der Waals surface area contributed by atoms with Crippen molar-refractivity contribution in [1.82, 2.24) is 0 Å². The van der Waals surface area contributed by atoms with Crippen molar-refractivity contribution in [2.24, 2.45) is 0 Å². The number of allylic oxidation sites excluding steroid dienone is 1. The largest absolute Gasteiger partial charge is 0.496 e. The Morgan fingerprint density at radius 2 is 1.85 bits per heavy atom. The van der Waals surface area contributed by atoms with Crippen LogP contribution in [0, 0.1) is 13.8 Å². The normalized spacial score (nSPS) is 10.8. The molecule has 0 aromatic heterocycles. The molecule has 0 spiro atoms. The fraction of sp³-hybridized carbons (Fsp3) is 0.333. The van der Waals surface area contributed by atoms with Crippen LogP contribution in [0.4, 0.5) is 0 Å². The SMILES string of the molecule is C/C=C/c1cc(OC)c(C)cc1C. The van der Waals surface area contributed by atoms with Crippen LogP contribution in [0.2, 0.25) is 0 Å². The molecule has 13 heavy (non-hydrogen) atoms. The first-order chi connectivity index (χ1) is 6.19. The van der Waals surface area contributed by atoms with Crippen LogP contribution >= 0.6 is 0 Å². The van der Waals surface area contributed by atoms with E-state index in [4.69, 9.17) is 4.74 Å². The molecule has 0 atom stereocenters. The Hall–Kier alpha value is -1.24. The van der Waals surface area contributed by atoms with E-state index in [9.17, 15) is 0 Å². The third-order valence-corrected chi connectivity index (χ3v) is 2.13. The Labute approximate surface area is 80.0 Å². The summed E-state index contributed by atoms with van der Waals surface area (Å²) in [5, 5.41) is 0. The summed E-state index contributed by atoms with van der Waals surface area (Å²) in [5.74, 6) is 0.957. The highest BCUT2D eigenvalue weighted by Gasteiger charge is 2.01. The van der Waals surface area contributed by atoms with Gasteiger partial charge in [0.2, 0.25) is 0 Å². The lowest BCUT2D eigenvalue weighted by atomic mass is 10.0. The van der Waals surface area contributed by atoms with Crippen LogP contribution in [0.15, 0.2) is 18.2 Å². The van der Waals surface area contributed by atoms with Crippen molar-refractivity contribution in [3.05, 3.63) is 34.9 Å². The molecule has 1 aromatic carbocycles. The molecule has 1 aromatic rings. The smallest absolute Gasteiger partial charge is 0.122 e. The molecule has 0 radical (unpaired) electrons. The highest BCUT2D eigenvalue weighted by Crippen LogP contribution is 2.23. The minimum atomic E-state index is 0.957. The lowest BCUT2D eigenvalue weighted by Crippen LogP contribution is -1.90. The van der Waals surface area contributed by atoms with Crippen molar-refractivity contribution in [2.45, 2.75) is 20.8 Å². The highest BCUT2D eigenvalue weighted by molar-refractivity contribution is 5.57. The number of methoxy groups -OCH3 is 1. The van der Waals surface area contributed by atoms with E-state index in [1.54, 1.807) is 7.11 Å². The lowest BCUT2D eigenvalue weighted by molar-refractivity contribution is 0.411. The fourth-order valence-electron chi connectivity index (χ4n) is 1.43. The standard InChI is InChI=1S/C12H16O/c1-5-6-11-8-12(13-4)10(3)7-9(11)2/h5-8H,1-4H3/b6-5+. The Morgan fingerprint density at radius 1 is 1.15 bits per heavy atom. The highest BCUT2D eigenvalue weighted by atomic mass is 16.5. The number of hydrogen-bond acceptors (Lipinski definition) is 1. The van der Waals surface area contributed by atoms with Crippen LogP contribution < -0.4 is 4.74 Å². The lowest BCUT2D eigenvalue weighted by Gasteiger charge is -2.08. The number of ether oxygens (including phenoxy) is 1. The van der Waals surface area contributed by atoms with Gasteiger partial charge in [0.25, 0.3) is 0 Å². The molecular weight excluding hydrogens is 160 g/mol. The first-order valence-electron chi connectivity index (χ1n) is 4.47. The quantitative estimate of drug-likeness (QED) is 0.671. The van der Waals surface area contributed by atoms with Gasteiger partial charge in [-0.05, 0) is 43.5 Å². The monoisotopic (exact) mass is 176 g/mol. The zero-order valence-electron chi connectivity index (χ0n) is 8.72. The van der Waals surface area contributed by atoms with Crippen molar-refractivity contribution in [3.63, 3.8) is 0 Å². The molecule has 0 aliphatic carbocycles. The van der Waals surface area contributed by atoms with Gasteiger partial charge in [-0.2, -0.15) is 0 Å². The van der Waals surface area contributed by atoms with E-state index >= 15 is 0 Å². The summed E-state index contributed by atoms with van der Waals surface area (Å²) in [5.41, 5.74) is 3.70.